The first-order valence-corrected chi connectivity index (χ1v) is 9.46. The summed E-state index contributed by atoms with van der Waals surface area (Å²) in [5, 5.41) is 2.95. The van der Waals surface area contributed by atoms with Crippen molar-refractivity contribution < 1.29 is 19.0 Å². The number of hydrogen-bond donors (Lipinski definition) is 1. The highest BCUT2D eigenvalue weighted by atomic mass is 16.5. The first-order valence-electron chi connectivity index (χ1n) is 9.46. The zero-order chi connectivity index (χ0) is 19.1. The smallest absolute Gasteiger partial charge is 0.224 e. The molecule has 1 aliphatic carbocycles. The Kier molecular flexibility index (Phi) is 6.58. The predicted molar refractivity (Wildman–Crippen MR) is 106 cm³/mol. The summed E-state index contributed by atoms with van der Waals surface area (Å²) in [7, 11) is 3.27. The van der Waals surface area contributed by atoms with Gasteiger partial charge in [-0.25, -0.2) is 0 Å². The Hall–Kier alpha value is -2.69. The van der Waals surface area contributed by atoms with Gasteiger partial charge in [0, 0.05) is 18.2 Å². The molecule has 0 heterocycles. The van der Waals surface area contributed by atoms with Crippen LogP contribution in [0.25, 0.3) is 0 Å². The molecule has 0 radical (unpaired) electrons. The fourth-order valence-electron chi connectivity index (χ4n) is 3.41. The summed E-state index contributed by atoms with van der Waals surface area (Å²) in [6, 6.07) is 13.3. The number of rotatable bonds is 8. The van der Waals surface area contributed by atoms with Gasteiger partial charge in [0.15, 0.2) is 11.5 Å². The number of anilines is 1. The molecule has 0 aromatic heterocycles. The largest absolute Gasteiger partial charge is 0.496 e. The third-order valence-electron chi connectivity index (χ3n) is 4.86. The van der Waals surface area contributed by atoms with E-state index in [0.29, 0.717) is 30.0 Å². The van der Waals surface area contributed by atoms with E-state index in [1.54, 1.807) is 14.2 Å². The van der Waals surface area contributed by atoms with Crippen LogP contribution < -0.4 is 19.5 Å². The summed E-state index contributed by atoms with van der Waals surface area (Å²) in [6.45, 7) is 0. The second-order valence-corrected chi connectivity index (χ2v) is 6.75. The van der Waals surface area contributed by atoms with Gasteiger partial charge in [0.1, 0.15) is 5.75 Å². The summed E-state index contributed by atoms with van der Waals surface area (Å²) in [5.74, 6) is 2.14. The maximum atomic E-state index is 12.4. The number of carbonyl (C=O) groups is 1. The van der Waals surface area contributed by atoms with Crippen LogP contribution in [0.2, 0.25) is 0 Å². The molecule has 2 aromatic rings. The molecule has 1 N–H and O–H groups in total. The monoisotopic (exact) mass is 369 g/mol. The minimum atomic E-state index is -0.0436. The first kappa shape index (κ1) is 19.1. The molecule has 0 saturated heterocycles. The molecule has 0 spiro atoms. The zero-order valence-corrected chi connectivity index (χ0v) is 16.0. The van der Waals surface area contributed by atoms with Crippen LogP contribution in [-0.4, -0.2) is 26.2 Å². The molecule has 27 heavy (non-hydrogen) atoms. The van der Waals surface area contributed by atoms with Crippen LogP contribution >= 0.6 is 0 Å². The summed E-state index contributed by atoms with van der Waals surface area (Å²) in [5.41, 5.74) is 1.74. The molecule has 0 bridgehead atoms. The van der Waals surface area contributed by atoms with Gasteiger partial charge in [0.05, 0.1) is 20.3 Å². The van der Waals surface area contributed by atoms with Crippen LogP contribution in [0.1, 0.15) is 37.7 Å². The molecule has 3 rings (SSSR count). The van der Waals surface area contributed by atoms with Crippen molar-refractivity contribution in [3.05, 3.63) is 48.0 Å². The van der Waals surface area contributed by atoms with Gasteiger partial charge in [0.25, 0.3) is 0 Å². The van der Waals surface area contributed by atoms with Crippen LogP contribution in [-0.2, 0) is 11.2 Å². The SMILES string of the molecule is COc1ccccc1CCC(=O)Nc1ccc(OC)c(OC2CCCC2)c1. The van der Waals surface area contributed by atoms with E-state index in [4.69, 9.17) is 14.2 Å². The highest BCUT2D eigenvalue weighted by molar-refractivity contribution is 5.91. The lowest BCUT2D eigenvalue weighted by Gasteiger charge is -2.17. The summed E-state index contributed by atoms with van der Waals surface area (Å²) < 4.78 is 16.8. The zero-order valence-electron chi connectivity index (χ0n) is 16.0. The molecule has 5 heteroatoms. The molecule has 2 aromatic carbocycles. The van der Waals surface area contributed by atoms with Crippen molar-refractivity contribution in [1.29, 1.82) is 0 Å². The Morgan fingerprint density at radius 2 is 1.74 bits per heavy atom. The van der Waals surface area contributed by atoms with E-state index >= 15 is 0 Å². The minimum absolute atomic E-state index is 0.0436. The van der Waals surface area contributed by atoms with E-state index in [1.807, 2.05) is 42.5 Å². The number of aryl methyl sites for hydroxylation is 1. The predicted octanol–water partition coefficient (Wildman–Crippen LogP) is 4.60. The Morgan fingerprint density at radius 1 is 1.00 bits per heavy atom. The minimum Gasteiger partial charge on any atom is -0.496 e. The lowest BCUT2D eigenvalue weighted by molar-refractivity contribution is -0.116. The van der Waals surface area contributed by atoms with Crippen molar-refractivity contribution >= 4 is 11.6 Å². The van der Waals surface area contributed by atoms with E-state index < -0.39 is 0 Å². The van der Waals surface area contributed by atoms with Gasteiger partial charge >= 0.3 is 0 Å². The topological polar surface area (TPSA) is 56.8 Å². The van der Waals surface area contributed by atoms with Crippen molar-refractivity contribution in [2.45, 2.75) is 44.6 Å². The second-order valence-electron chi connectivity index (χ2n) is 6.75. The Labute approximate surface area is 160 Å². The molecular weight excluding hydrogens is 342 g/mol. The van der Waals surface area contributed by atoms with Crippen molar-refractivity contribution in [2.75, 3.05) is 19.5 Å². The maximum Gasteiger partial charge on any atom is 0.224 e. The lowest BCUT2D eigenvalue weighted by Crippen LogP contribution is -2.14. The summed E-state index contributed by atoms with van der Waals surface area (Å²) in [4.78, 5) is 12.4. The fourth-order valence-corrected chi connectivity index (χ4v) is 3.41. The van der Waals surface area contributed by atoms with Gasteiger partial charge in [-0.3, -0.25) is 4.79 Å². The van der Waals surface area contributed by atoms with E-state index in [0.717, 1.165) is 24.2 Å². The van der Waals surface area contributed by atoms with Gasteiger partial charge in [-0.05, 0) is 55.9 Å². The standard InChI is InChI=1S/C22H27NO4/c1-25-19-10-6-3-7-16(19)11-14-22(24)23-17-12-13-20(26-2)21(15-17)27-18-8-4-5-9-18/h3,6-7,10,12-13,15,18H,4-5,8-9,11,14H2,1-2H3,(H,23,24). The van der Waals surface area contributed by atoms with Crippen molar-refractivity contribution in [3.63, 3.8) is 0 Å². The van der Waals surface area contributed by atoms with Gasteiger partial charge in [-0.15, -0.1) is 0 Å². The van der Waals surface area contributed by atoms with Crippen LogP contribution in [0.3, 0.4) is 0 Å². The number of hydrogen-bond acceptors (Lipinski definition) is 4. The number of para-hydroxylation sites is 1. The number of benzene rings is 2. The summed E-state index contributed by atoms with van der Waals surface area (Å²) in [6.07, 6.45) is 5.77. The molecular formula is C22H27NO4. The van der Waals surface area contributed by atoms with E-state index in [9.17, 15) is 4.79 Å². The van der Waals surface area contributed by atoms with E-state index in [2.05, 4.69) is 5.32 Å². The number of ether oxygens (including phenoxy) is 3. The van der Waals surface area contributed by atoms with Gasteiger partial charge < -0.3 is 19.5 Å². The third kappa shape index (κ3) is 5.16. The Morgan fingerprint density at radius 3 is 2.48 bits per heavy atom. The molecule has 0 aliphatic heterocycles. The molecule has 1 aliphatic rings. The maximum absolute atomic E-state index is 12.4. The van der Waals surface area contributed by atoms with Crippen molar-refractivity contribution in [2.24, 2.45) is 0 Å². The van der Waals surface area contributed by atoms with Crippen LogP contribution in [0.5, 0.6) is 17.2 Å². The molecule has 1 saturated carbocycles. The quantitative estimate of drug-likeness (QED) is 0.739. The lowest BCUT2D eigenvalue weighted by atomic mass is 10.1. The molecule has 144 valence electrons. The van der Waals surface area contributed by atoms with Crippen LogP contribution in [0.4, 0.5) is 5.69 Å². The molecule has 5 nitrogen and oxygen atoms in total. The molecule has 0 unspecified atom stereocenters. The Bertz CT molecular complexity index is 769. The second kappa shape index (κ2) is 9.31. The fraction of sp³-hybridized carbons (Fsp3) is 0.409. The normalized spacial score (nSPS) is 14.0. The average Bonchev–Trinajstić information content (AvgIpc) is 3.20. The number of nitrogens with one attached hydrogen (secondary N) is 1. The van der Waals surface area contributed by atoms with Crippen LogP contribution in [0, 0.1) is 0 Å². The van der Waals surface area contributed by atoms with E-state index in [1.165, 1.54) is 12.8 Å². The van der Waals surface area contributed by atoms with Crippen LogP contribution in [0.15, 0.2) is 42.5 Å². The van der Waals surface area contributed by atoms with Gasteiger partial charge in [-0.1, -0.05) is 18.2 Å². The van der Waals surface area contributed by atoms with E-state index in [-0.39, 0.29) is 12.0 Å². The summed E-state index contributed by atoms with van der Waals surface area (Å²) >= 11 is 0. The van der Waals surface area contributed by atoms with Crippen molar-refractivity contribution in [1.82, 2.24) is 0 Å². The number of methoxy groups -OCH3 is 2. The molecule has 0 atom stereocenters. The van der Waals surface area contributed by atoms with Gasteiger partial charge in [0.2, 0.25) is 5.91 Å². The number of amides is 1. The average molecular weight is 369 g/mol. The third-order valence-corrected chi connectivity index (χ3v) is 4.86. The highest BCUT2D eigenvalue weighted by Gasteiger charge is 2.19. The molecule has 1 amide bonds. The van der Waals surface area contributed by atoms with Gasteiger partial charge in [-0.2, -0.15) is 0 Å². The first-order chi connectivity index (χ1) is 13.2. The Balaban J connectivity index is 1.61. The number of carbonyl (C=O) groups excluding carboxylic acids is 1. The van der Waals surface area contributed by atoms with Crippen molar-refractivity contribution in [3.8, 4) is 17.2 Å². The molecule has 1 fully saturated rings. The highest BCUT2D eigenvalue weighted by Crippen LogP contribution is 2.34.